The molecule has 1 aromatic heterocycles. The number of carbonyl (C=O) groups excluding carboxylic acids is 1. The van der Waals surface area contributed by atoms with Crippen molar-refractivity contribution in [2.75, 3.05) is 38.0 Å². The molecule has 0 unspecified atom stereocenters. The van der Waals surface area contributed by atoms with E-state index in [1.165, 1.54) is 22.7 Å². The lowest BCUT2D eigenvalue weighted by Gasteiger charge is -2.33. The van der Waals surface area contributed by atoms with Crippen LogP contribution >= 0.6 is 0 Å². The number of rotatable bonds is 5. The number of hydrogen-bond acceptors (Lipinski definition) is 5. The number of piperazine rings is 1. The molecule has 26 heavy (non-hydrogen) atoms. The number of sulfonamides is 1. The summed E-state index contributed by atoms with van der Waals surface area (Å²) in [4.78, 5) is 14.6. The molecule has 1 aromatic carbocycles. The van der Waals surface area contributed by atoms with Gasteiger partial charge in [0.2, 0.25) is 10.0 Å². The first-order valence-electron chi connectivity index (χ1n) is 8.60. The molecule has 2 aromatic rings. The maximum absolute atomic E-state index is 12.8. The predicted molar refractivity (Wildman–Crippen MR) is 98.7 cm³/mol. The zero-order valence-electron chi connectivity index (χ0n) is 14.9. The highest BCUT2D eigenvalue weighted by Gasteiger charge is 2.28. The van der Waals surface area contributed by atoms with E-state index in [1.54, 1.807) is 25.1 Å². The lowest BCUT2D eigenvalue weighted by molar-refractivity contribution is 0.0996. The fraction of sp³-hybridized carbons (Fsp3) is 0.389. The monoisotopic (exact) mass is 377 g/mol. The van der Waals surface area contributed by atoms with Gasteiger partial charge in [-0.1, -0.05) is 6.92 Å². The number of anilines is 1. The molecule has 140 valence electrons. The summed E-state index contributed by atoms with van der Waals surface area (Å²) in [6.07, 6.45) is 1.46. The average Bonchev–Trinajstić information content (AvgIpc) is 3.08. The van der Waals surface area contributed by atoms with Gasteiger partial charge in [0.05, 0.1) is 11.2 Å². The molecule has 1 amide bonds. The van der Waals surface area contributed by atoms with Gasteiger partial charge in [-0.3, -0.25) is 4.79 Å². The lowest BCUT2D eigenvalue weighted by Crippen LogP contribution is -2.48. The van der Waals surface area contributed by atoms with Crippen LogP contribution in [-0.4, -0.2) is 56.3 Å². The molecule has 2 heterocycles. The fourth-order valence-corrected chi connectivity index (χ4v) is 4.36. The summed E-state index contributed by atoms with van der Waals surface area (Å²) in [5.74, 6) is -0.116. The Morgan fingerprint density at radius 2 is 1.77 bits per heavy atom. The fourth-order valence-electron chi connectivity index (χ4n) is 2.94. The van der Waals surface area contributed by atoms with E-state index in [0.29, 0.717) is 18.8 Å². The third-order valence-corrected chi connectivity index (χ3v) is 6.51. The molecular formula is C18H23N3O4S. The summed E-state index contributed by atoms with van der Waals surface area (Å²) >= 11 is 0. The maximum Gasteiger partial charge on any atom is 0.291 e. The van der Waals surface area contributed by atoms with Gasteiger partial charge >= 0.3 is 0 Å². The van der Waals surface area contributed by atoms with Crippen molar-refractivity contribution in [1.29, 1.82) is 0 Å². The van der Waals surface area contributed by atoms with Crippen molar-refractivity contribution < 1.29 is 17.6 Å². The van der Waals surface area contributed by atoms with E-state index in [2.05, 4.69) is 17.1 Å². The van der Waals surface area contributed by atoms with Gasteiger partial charge in [-0.25, -0.2) is 8.42 Å². The maximum atomic E-state index is 12.8. The number of aryl methyl sites for hydroxylation is 1. The van der Waals surface area contributed by atoms with E-state index in [0.717, 1.165) is 25.2 Å². The van der Waals surface area contributed by atoms with Crippen LogP contribution in [0.2, 0.25) is 0 Å². The van der Waals surface area contributed by atoms with E-state index < -0.39 is 10.0 Å². The molecule has 3 rings (SSSR count). The third-order valence-electron chi connectivity index (χ3n) is 4.60. The van der Waals surface area contributed by atoms with E-state index in [4.69, 9.17) is 4.42 Å². The highest BCUT2D eigenvalue weighted by molar-refractivity contribution is 7.89. The first-order valence-corrected chi connectivity index (χ1v) is 10.0. The van der Waals surface area contributed by atoms with Gasteiger partial charge in [-0.15, -0.1) is 0 Å². The van der Waals surface area contributed by atoms with Crippen LogP contribution in [0, 0.1) is 6.92 Å². The number of likely N-dealkylation sites (N-methyl/N-ethyl adjacent to an activating group) is 1. The highest BCUT2D eigenvalue weighted by Crippen LogP contribution is 2.20. The molecule has 1 saturated heterocycles. The Bertz CT molecular complexity index is 866. The highest BCUT2D eigenvalue weighted by atomic mass is 32.2. The Morgan fingerprint density at radius 3 is 2.31 bits per heavy atom. The second kappa shape index (κ2) is 7.61. The Hall–Kier alpha value is -2.16. The summed E-state index contributed by atoms with van der Waals surface area (Å²) in [6, 6.07) is 7.93. The van der Waals surface area contributed by atoms with E-state index >= 15 is 0 Å². The minimum absolute atomic E-state index is 0.231. The third kappa shape index (κ3) is 3.82. The van der Waals surface area contributed by atoms with E-state index in [1.807, 2.05) is 0 Å². The second-order valence-corrected chi connectivity index (χ2v) is 8.19. The number of furan rings is 1. The van der Waals surface area contributed by atoms with Crippen molar-refractivity contribution in [1.82, 2.24) is 9.21 Å². The van der Waals surface area contributed by atoms with E-state index in [-0.39, 0.29) is 16.6 Å². The smallest absolute Gasteiger partial charge is 0.291 e. The van der Waals surface area contributed by atoms with Gasteiger partial charge in [-0.2, -0.15) is 4.31 Å². The summed E-state index contributed by atoms with van der Waals surface area (Å²) in [5, 5.41) is 2.71. The zero-order valence-corrected chi connectivity index (χ0v) is 15.8. The molecule has 1 fully saturated rings. The molecule has 0 atom stereocenters. The van der Waals surface area contributed by atoms with Gasteiger partial charge in [0, 0.05) is 37.4 Å². The number of amides is 1. The molecule has 1 aliphatic heterocycles. The standard InChI is InChI=1S/C18H23N3O4S/c1-3-20-9-11-21(12-10-20)26(23,24)16-6-4-15(5-7-16)19-18(22)17-14(2)8-13-25-17/h4-8,13H,3,9-12H2,1-2H3,(H,19,22). The van der Waals surface area contributed by atoms with Crippen molar-refractivity contribution in [3.63, 3.8) is 0 Å². The van der Waals surface area contributed by atoms with Crippen LogP contribution in [0.3, 0.4) is 0 Å². The quantitative estimate of drug-likeness (QED) is 0.863. The summed E-state index contributed by atoms with van der Waals surface area (Å²) in [5.41, 5.74) is 1.26. The van der Waals surface area contributed by atoms with Gasteiger partial charge in [0.25, 0.3) is 5.91 Å². The van der Waals surface area contributed by atoms with Crippen molar-refractivity contribution in [3.05, 3.63) is 47.9 Å². The second-order valence-electron chi connectivity index (χ2n) is 6.25. The largest absolute Gasteiger partial charge is 0.459 e. The Balaban J connectivity index is 1.69. The van der Waals surface area contributed by atoms with Crippen LogP contribution in [0.1, 0.15) is 23.0 Å². The van der Waals surface area contributed by atoms with Gasteiger partial charge < -0.3 is 14.6 Å². The molecular weight excluding hydrogens is 354 g/mol. The Morgan fingerprint density at radius 1 is 1.12 bits per heavy atom. The Kier molecular flexibility index (Phi) is 5.45. The summed E-state index contributed by atoms with van der Waals surface area (Å²) in [7, 11) is -3.51. The van der Waals surface area contributed by atoms with Gasteiger partial charge in [-0.05, 0) is 43.8 Å². The van der Waals surface area contributed by atoms with E-state index in [9.17, 15) is 13.2 Å². The van der Waals surface area contributed by atoms with Crippen LogP contribution < -0.4 is 5.32 Å². The van der Waals surface area contributed by atoms with Crippen LogP contribution in [0.25, 0.3) is 0 Å². The molecule has 0 radical (unpaired) electrons. The first-order chi connectivity index (χ1) is 12.4. The number of carbonyl (C=O) groups is 1. The van der Waals surface area contributed by atoms with Crippen LogP contribution in [0.4, 0.5) is 5.69 Å². The zero-order chi connectivity index (χ0) is 18.7. The van der Waals surface area contributed by atoms with Crippen molar-refractivity contribution >= 4 is 21.6 Å². The molecule has 7 nitrogen and oxygen atoms in total. The van der Waals surface area contributed by atoms with Crippen LogP contribution in [0.5, 0.6) is 0 Å². The minimum Gasteiger partial charge on any atom is -0.459 e. The molecule has 1 N–H and O–H groups in total. The molecule has 0 aliphatic carbocycles. The van der Waals surface area contributed by atoms with Gasteiger partial charge in [0.15, 0.2) is 5.76 Å². The van der Waals surface area contributed by atoms with Crippen molar-refractivity contribution in [3.8, 4) is 0 Å². The van der Waals surface area contributed by atoms with Crippen molar-refractivity contribution in [2.24, 2.45) is 0 Å². The summed E-state index contributed by atoms with van der Waals surface area (Å²) in [6.45, 7) is 7.25. The molecule has 0 saturated carbocycles. The predicted octanol–water partition coefficient (Wildman–Crippen LogP) is 2.17. The number of benzene rings is 1. The first kappa shape index (κ1) is 18.6. The number of nitrogens with zero attached hydrogens (tertiary/aromatic N) is 2. The lowest BCUT2D eigenvalue weighted by atomic mass is 10.2. The van der Waals surface area contributed by atoms with Crippen molar-refractivity contribution in [2.45, 2.75) is 18.7 Å². The van der Waals surface area contributed by atoms with Crippen LogP contribution in [-0.2, 0) is 10.0 Å². The topological polar surface area (TPSA) is 82.9 Å². The number of nitrogens with one attached hydrogen (secondary N) is 1. The van der Waals surface area contributed by atoms with Crippen LogP contribution in [0.15, 0.2) is 45.9 Å². The summed E-state index contributed by atoms with van der Waals surface area (Å²) < 4.78 is 32.2. The number of hydrogen-bond donors (Lipinski definition) is 1. The minimum atomic E-state index is -3.51. The Labute approximate surface area is 153 Å². The normalized spacial score (nSPS) is 16.5. The average molecular weight is 377 g/mol. The SMILES string of the molecule is CCN1CCN(S(=O)(=O)c2ccc(NC(=O)c3occc3C)cc2)CC1. The van der Waals surface area contributed by atoms with Gasteiger partial charge in [0.1, 0.15) is 0 Å². The molecule has 8 heteroatoms. The molecule has 0 bridgehead atoms. The molecule has 0 spiro atoms. The molecule has 1 aliphatic rings.